The fraction of sp³-hybridized carbons (Fsp3) is 1.00. The molecule has 2 atom stereocenters. The molecule has 0 aromatic rings. The van der Waals surface area contributed by atoms with Crippen molar-refractivity contribution >= 4 is 0 Å². The molecular formula is C14H30N2O. The molecule has 0 aliphatic heterocycles. The highest BCUT2D eigenvalue weighted by molar-refractivity contribution is 4.95. The van der Waals surface area contributed by atoms with Crippen LogP contribution in [0.3, 0.4) is 0 Å². The predicted molar refractivity (Wildman–Crippen MR) is 72.9 cm³/mol. The van der Waals surface area contributed by atoms with E-state index in [4.69, 9.17) is 10.8 Å². The number of unbranched alkanes of at least 4 members (excludes halogenated alkanes) is 2. The number of aliphatic hydroxyl groups excluding tert-OH is 1. The van der Waals surface area contributed by atoms with Crippen molar-refractivity contribution in [3.63, 3.8) is 0 Å². The van der Waals surface area contributed by atoms with Gasteiger partial charge < -0.3 is 16.2 Å². The third-order valence-corrected chi connectivity index (χ3v) is 4.01. The summed E-state index contributed by atoms with van der Waals surface area (Å²) in [5.41, 5.74) is 6.18. The van der Waals surface area contributed by atoms with E-state index >= 15 is 0 Å². The first kappa shape index (κ1) is 14.9. The Bertz CT molecular complexity index is 198. The van der Waals surface area contributed by atoms with Crippen LogP contribution >= 0.6 is 0 Å². The third-order valence-electron chi connectivity index (χ3n) is 4.01. The van der Waals surface area contributed by atoms with Crippen molar-refractivity contribution < 1.29 is 5.11 Å². The summed E-state index contributed by atoms with van der Waals surface area (Å²) in [6.45, 7) is 6.79. The molecule has 0 saturated heterocycles. The van der Waals surface area contributed by atoms with Crippen LogP contribution in [0, 0.1) is 11.8 Å². The summed E-state index contributed by atoms with van der Waals surface area (Å²) < 4.78 is 0. The van der Waals surface area contributed by atoms with Crippen LogP contribution in [0.4, 0.5) is 0 Å². The molecule has 0 spiro atoms. The van der Waals surface area contributed by atoms with Gasteiger partial charge in [-0.1, -0.05) is 13.8 Å². The average molecular weight is 242 g/mol. The fourth-order valence-electron chi connectivity index (χ4n) is 3.42. The molecule has 0 amide bonds. The van der Waals surface area contributed by atoms with Crippen LogP contribution in [0.5, 0.6) is 0 Å². The van der Waals surface area contributed by atoms with Crippen LogP contribution in [0.1, 0.15) is 52.4 Å². The van der Waals surface area contributed by atoms with Crippen LogP contribution in [-0.4, -0.2) is 30.3 Å². The molecule has 0 aromatic carbocycles. The zero-order valence-corrected chi connectivity index (χ0v) is 11.5. The van der Waals surface area contributed by atoms with Gasteiger partial charge in [-0.05, 0) is 56.9 Å². The van der Waals surface area contributed by atoms with Gasteiger partial charge in [-0.2, -0.15) is 0 Å². The Balaban J connectivity index is 2.34. The summed E-state index contributed by atoms with van der Waals surface area (Å²) in [5.74, 6) is 1.57. The largest absolute Gasteiger partial charge is 0.396 e. The number of hydrogen-bond donors (Lipinski definition) is 3. The minimum absolute atomic E-state index is 0.177. The topological polar surface area (TPSA) is 58.3 Å². The lowest BCUT2D eigenvalue weighted by Crippen LogP contribution is -2.55. The molecule has 4 N–H and O–H groups in total. The standard InChI is InChI=1S/C14H30N2O/c1-12-8-13(2)10-14(9-12,11-15)16-6-4-3-5-7-17/h12-13,16-17H,3-11,15H2,1-2H3. The van der Waals surface area contributed by atoms with Gasteiger partial charge in [-0.3, -0.25) is 0 Å². The lowest BCUT2D eigenvalue weighted by molar-refractivity contribution is 0.149. The maximum Gasteiger partial charge on any atom is 0.0431 e. The van der Waals surface area contributed by atoms with E-state index in [9.17, 15) is 0 Å². The summed E-state index contributed by atoms with van der Waals surface area (Å²) >= 11 is 0. The lowest BCUT2D eigenvalue weighted by atomic mass is 9.71. The Morgan fingerprint density at radius 3 is 2.35 bits per heavy atom. The molecule has 0 bridgehead atoms. The second kappa shape index (κ2) is 7.34. The Kier molecular flexibility index (Phi) is 6.45. The third kappa shape index (κ3) is 4.94. The molecule has 0 radical (unpaired) electrons. The maximum absolute atomic E-state index is 8.74. The SMILES string of the molecule is CC1CC(C)CC(CN)(NCCCCCO)C1. The van der Waals surface area contributed by atoms with E-state index in [-0.39, 0.29) is 5.54 Å². The predicted octanol–water partition coefficient (Wildman–Crippen LogP) is 1.89. The van der Waals surface area contributed by atoms with E-state index in [2.05, 4.69) is 19.2 Å². The molecule has 3 heteroatoms. The van der Waals surface area contributed by atoms with Gasteiger partial charge in [-0.15, -0.1) is 0 Å². The quantitative estimate of drug-likeness (QED) is 0.598. The molecule has 0 aromatic heterocycles. The fourth-order valence-corrected chi connectivity index (χ4v) is 3.42. The van der Waals surface area contributed by atoms with Crippen molar-refractivity contribution in [1.82, 2.24) is 5.32 Å². The minimum Gasteiger partial charge on any atom is -0.396 e. The summed E-state index contributed by atoms with van der Waals surface area (Å²) in [5, 5.41) is 12.4. The van der Waals surface area contributed by atoms with E-state index in [1.807, 2.05) is 0 Å². The zero-order chi connectivity index (χ0) is 12.7. The molecule has 1 aliphatic carbocycles. The second-order valence-electron chi connectivity index (χ2n) is 6.05. The van der Waals surface area contributed by atoms with E-state index in [1.165, 1.54) is 19.3 Å². The van der Waals surface area contributed by atoms with Gasteiger partial charge in [-0.25, -0.2) is 0 Å². The average Bonchev–Trinajstić information content (AvgIpc) is 2.27. The highest BCUT2D eigenvalue weighted by atomic mass is 16.2. The summed E-state index contributed by atoms with van der Waals surface area (Å²) in [6, 6.07) is 0. The van der Waals surface area contributed by atoms with Gasteiger partial charge >= 0.3 is 0 Å². The summed E-state index contributed by atoms with van der Waals surface area (Å²) in [7, 11) is 0. The van der Waals surface area contributed by atoms with Gasteiger partial charge in [0.2, 0.25) is 0 Å². The monoisotopic (exact) mass is 242 g/mol. The van der Waals surface area contributed by atoms with Gasteiger partial charge in [0.1, 0.15) is 0 Å². The molecule has 3 nitrogen and oxygen atoms in total. The first-order valence-corrected chi connectivity index (χ1v) is 7.18. The van der Waals surface area contributed by atoms with E-state index in [0.717, 1.165) is 44.2 Å². The molecule has 102 valence electrons. The molecular weight excluding hydrogens is 212 g/mol. The molecule has 1 aliphatic rings. The Hall–Kier alpha value is -0.120. The first-order chi connectivity index (χ1) is 8.12. The van der Waals surface area contributed by atoms with E-state index in [1.54, 1.807) is 0 Å². The number of nitrogens with one attached hydrogen (secondary N) is 1. The van der Waals surface area contributed by atoms with Crippen molar-refractivity contribution in [2.75, 3.05) is 19.7 Å². The normalized spacial score (nSPS) is 33.9. The first-order valence-electron chi connectivity index (χ1n) is 7.18. The van der Waals surface area contributed by atoms with Crippen LogP contribution in [0.25, 0.3) is 0 Å². The molecule has 1 saturated carbocycles. The summed E-state index contributed by atoms with van der Waals surface area (Å²) in [4.78, 5) is 0. The number of aliphatic hydroxyl groups is 1. The number of nitrogens with two attached hydrogens (primary N) is 1. The molecule has 17 heavy (non-hydrogen) atoms. The van der Waals surface area contributed by atoms with Crippen molar-refractivity contribution in [3.05, 3.63) is 0 Å². The minimum atomic E-state index is 0.177. The Morgan fingerprint density at radius 1 is 1.18 bits per heavy atom. The molecule has 2 unspecified atom stereocenters. The molecule has 0 heterocycles. The molecule has 1 rings (SSSR count). The van der Waals surface area contributed by atoms with Gasteiger partial charge in [0.15, 0.2) is 0 Å². The van der Waals surface area contributed by atoms with Crippen molar-refractivity contribution in [3.8, 4) is 0 Å². The van der Waals surface area contributed by atoms with Crippen LogP contribution in [0.2, 0.25) is 0 Å². The smallest absolute Gasteiger partial charge is 0.0431 e. The van der Waals surface area contributed by atoms with Crippen molar-refractivity contribution in [1.29, 1.82) is 0 Å². The van der Waals surface area contributed by atoms with Crippen LogP contribution < -0.4 is 11.1 Å². The number of hydrogen-bond acceptors (Lipinski definition) is 3. The highest BCUT2D eigenvalue weighted by Crippen LogP contribution is 2.35. The van der Waals surface area contributed by atoms with Gasteiger partial charge in [0, 0.05) is 18.7 Å². The van der Waals surface area contributed by atoms with Crippen molar-refractivity contribution in [2.45, 2.75) is 57.9 Å². The Labute approximate surface area is 106 Å². The second-order valence-corrected chi connectivity index (χ2v) is 6.05. The zero-order valence-electron chi connectivity index (χ0n) is 11.5. The molecule has 1 fully saturated rings. The summed E-state index contributed by atoms with van der Waals surface area (Å²) in [6.07, 6.45) is 6.94. The number of rotatable bonds is 7. The lowest BCUT2D eigenvalue weighted by Gasteiger charge is -2.43. The van der Waals surface area contributed by atoms with E-state index in [0.29, 0.717) is 6.61 Å². The van der Waals surface area contributed by atoms with Gasteiger partial charge in [0.05, 0.1) is 0 Å². The highest BCUT2D eigenvalue weighted by Gasteiger charge is 2.36. The van der Waals surface area contributed by atoms with Crippen molar-refractivity contribution in [2.24, 2.45) is 17.6 Å². The van der Waals surface area contributed by atoms with Gasteiger partial charge in [0.25, 0.3) is 0 Å². The van der Waals surface area contributed by atoms with Crippen LogP contribution in [0.15, 0.2) is 0 Å². The van der Waals surface area contributed by atoms with Crippen LogP contribution in [-0.2, 0) is 0 Å². The Morgan fingerprint density at radius 2 is 1.82 bits per heavy atom. The maximum atomic E-state index is 8.74. The van der Waals surface area contributed by atoms with E-state index < -0.39 is 0 Å².